The van der Waals surface area contributed by atoms with Crippen LogP contribution < -0.4 is 5.73 Å². The molecule has 5 heteroatoms. The van der Waals surface area contributed by atoms with Crippen LogP contribution in [-0.4, -0.2) is 10.9 Å². The van der Waals surface area contributed by atoms with Crippen LogP contribution in [-0.2, 0) is 11.2 Å². The minimum absolute atomic E-state index is 0.120. The van der Waals surface area contributed by atoms with Crippen molar-refractivity contribution in [3.8, 4) is 0 Å². The third kappa shape index (κ3) is 1.52. The number of carbonyl (C=O) groups is 1. The van der Waals surface area contributed by atoms with E-state index < -0.39 is 5.82 Å². The maximum Gasteiger partial charge on any atom is 0.226 e. The molecule has 0 bridgehead atoms. The topological polar surface area (TPSA) is 58.9 Å². The van der Waals surface area contributed by atoms with Gasteiger partial charge < -0.3 is 10.7 Å². The van der Waals surface area contributed by atoms with Crippen LogP contribution in [0.5, 0.6) is 0 Å². The second-order valence-corrected chi connectivity index (χ2v) is 5.03. The predicted molar refractivity (Wildman–Crippen MR) is 68.1 cm³/mol. The van der Waals surface area contributed by atoms with Crippen molar-refractivity contribution >= 4 is 28.4 Å². The van der Waals surface area contributed by atoms with E-state index in [1.54, 1.807) is 6.07 Å². The molecule has 1 amide bonds. The molecule has 94 valence electrons. The second kappa shape index (κ2) is 3.99. The van der Waals surface area contributed by atoms with Gasteiger partial charge in [0.05, 0.1) is 10.9 Å². The van der Waals surface area contributed by atoms with E-state index in [9.17, 15) is 9.18 Å². The molecule has 0 aliphatic heterocycles. The zero-order valence-corrected chi connectivity index (χ0v) is 10.4. The van der Waals surface area contributed by atoms with Gasteiger partial charge in [-0.2, -0.15) is 0 Å². The largest absolute Gasteiger partial charge is 0.369 e. The van der Waals surface area contributed by atoms with Crippen molar-refractivity contribution in [3.05, 3.63) is 34.2 Å². The number of aryl methyl sites for hydroxylation is 1. The van der Waals surface area contributed by atoms with Crippen LogP contribution in [0.3, 0.4) is 0 Å². The average Bonchev–Trinajstić information content (AvgIpc) is 2.72. The SMILES string of the molecule is NC(=O)C1CCCc2c1[nH]c1ccc(F)c(Cl)c21. The zero-order valence-electron chi connectivity index (χ0n) is 9.59. The quantitative estimate of drug-likeness (QED) is 0.819. The Labute approximate surface area is 108 Å². The van der Waals surface area contributed by atoms with Gasteiger partial charge in [-0.1, -0.05) is 11.6 Å². The van der Waals surface area contributed by atoms with Crippen LogP contribution in [0.25, 0.3) is 10.9 Å². The van der Waals surface area contributed by atoms with Crippen molar-refractivity contribution < 1.29 is 9.18 Å². The normalized spacial score (nSPS) is 18.9. The average molecular weight is 267 g/mol. The fourth-order valence-electron chi connectivity index (χ4n) is 2.77. The van der Waals surface area contributed by atoms with Crippen LogP contribution in [0.4, 0.5) is 4.39 Å². The molecule has 1 atom stereocenters. The van der Waals surface area contributed by atoms with Gasteiger partial charge in [0.1, 0.15) is 5.82 Å². The number of fused-ring (bicyclic) bond motifs is 3. The summed E-state index contributed by atoms with van der Waals surface area (Å²) in [5, 5.41) is 0.813. The van der Waals surface area contributed by atoms with Crippen molar-refractivity contribution in [2.75, 3.05) is 0 Å². The lowest BCUT2D eigenvalue weighted by atomic mass is 9.86. The maximum atomic E-state index is 13.5. The highest BCUT2D eigenvalue weighted by Gasteiger charge is 2.29. The predicted octanol–water partition coefficient (Wildman–Crippen LogP) is 2.87. The van der Waals surface area contributed by atoms with Crippen LogP contribution in [0.1, 0.15) is 30.0 Å². The Hall–Kier alpha value is -1.55. The molecule has 0 radical (unpaired) electrons. The standard InChI is InChI=1S/C13H12ClFN2O/c14-11-8(15)4-5-9-10(11)6-2-1-3-7(13(16)18)12(6)17-9/h4-5,7,17H,1-3H2,(H2,16,18). The fraction of sp³-hybridized carbons (Fsp3) is 0.308. The van der Waals surface area contributed by atoms with E-state index in [1.807, 2.05) is 0 Å². The summed E-state index contributed by atoms with van der Waals surface area (Å²) < 4.78 is 13.5. The number of hydrogen-bond donors (Lipinski definition) is 2. The number of hydrogen-bond acceptors (Lipinski definition) is 1. The molecule has 3 rings (SSSR count). The second-order valence-electron chi connectivity index (χ2n) is 4.65. The Morgan fingerprint density at radius 3 is 3.00 bits per heavy atom. The lowest BCUT2D eigenvalue weighted by Gasteiger charge is -2.19. The first-order valence-electron chi connectivity index (χ1n) is 5.87. The Morgan fingerprint density at radius 2 is 2.28 bits per heavy atom. The minimum atomic E-state index is -0.438. The zero-order chi connectivity index (χ0) is 12.9. The first kappa shape index (κ1) is 11.5. The van der Waals surface area contributed by atoms with Gasteiger partial charge in [-0.25, -0.2) is 4.39 Å². The smallest absolute Gasteiger partial charge is 0.226 e. The van der Waals surface area contributed by atoms with Crippen LogP contribution >= 0.6 is 11.6 Å². The van der Waals surface area contributed by atoms with Gasteiger partial charge in [0.25, 0.3) is 0 Å². The number of rotatable bonds is 1. The highest BCUT2D eigenvalue weighted by Crippen LogP contribution is 2.39. The highest BCUT2D eigenvalue weighted by atomic mass is 35.5. The summed E-state index contributed by atoms with van der Waals surface area (Å²) in [5.41, 5.74) is 7.91. The molecule has 18 heavy (non-hydrogen) atoms. The number of amides is 1. The molecule has 1 aromatic carbocycles. The maximum absolute atomic E-state index is 13.5. The molecule has 0 saturated carbocycles. The molecule has 1 unspecified atom stereocenters. The van der Waals surface area contributed by atoms with Gasteiger partial charge in [-0.15, -0.1) is 0 Å². The Kier molecular flexibility index (Phi) is 2.55. The number of halogens is 2. The summed E-state index contributed by atoms with van der Waals surface area (Å²) in [6.45, 7) is 0. The van der Waals surface area contributed by atoms with Crippen LogP contribution in [0.2, 0.25) is 5.02 Å². The molecule has 1 aromatic heterocycles. The van der Waals surface area contributed by atoms with Crippen molar-refractivity contribution in [2.45, 2.75) is 25.2 Å². The monoisotopic (exact) mass is 266 g/mol. The number of carbonyl (C=O) groups excluding carboxylic acids is 1. The van der Waals surface area contributed by atoms with E-state index in [0.717, 1.165) is 36.0 Å². The first-order chi connectivity index (χ1) is 8.59. The lowest BCUT2D eigenvalue weighted by Crippen LogP contribution is -2.24. The Bertz CT molecular complexity index is 650. The van der Waals surface area contributed by atoms with E-state index in [2.05, 4.69) is 4.98 Å². The molecule has 1 heterocycles. The summed E-state index contributed by atoms with van der Waals surface area (Å²) in [7, 11) is 0. The summed E-state index contributed by atoms with van der Waals surface area (Å²) >= 11 is 6.02. The summed E-state index contributed by atoms with van der Waals surface area (Å²) in [4.78, 5) is 14.6. The van der Waals surface area contributed by atoms with Crippen molar-refractivity contribution in [3.63, 3.8) is 0 Å². The fourth-order valence-corrected chi connectivity index (χ4v) is 3.05. The van der Waals surface area contributed by atoms with E-state index in [4.69, 9.17) is 17.3 Å². The van der Waals surface area contributed by atoms with E-state index in [0.29, 0.717) is 5.39 Å². The molecule has 3 nitrogen and oxygen atoms in total. The summed E-state index contributed by atoms with van der Waals surface area (Å²) in [6.07, 6.45) is 2.39. The van der Waals surface area contributed by atoms with Gasteiger partial charge in [0.15, 0.2) is 0 Å². The van der Waals surface area contributed by atoms with Crippen molar-refractivity contribution in [1.29, 1.82) is 0 Å². The van der Waals surface area contributed by atoms with Crippen molar-refractivity contribution in [1.82, 2.24) is 4.98 Å². The Balaban J connectivity index is 2.31. The molecule has 0 fully saturated rings. The molecule has 2 aromatic rings. The number of H-pyrrole nitrogens is 1. The Morgan fingerprint density at radius 1 is 1.50 bits per heavy atom. The van der Waals surface area contributed by atoms with Gasteiger partial charge in [0, 0.05) is 16.6 Å². The van der Waals surface area contributed by atoms with Gasteiger partial charge in [-0.05, 0) is 37.0 Å². The molecule has 1 aliphatic rings. The van der Waals surface area contributed by atoms with Crippen molar-refractivity contribution in [2.24, 2.45) is 5.73 Å². The number of nitrogens with two attached hydrogens (primary N) is 1. The summed E-state index contributed by atoms with van der Waals surface area (Å²) in [6, 6.07) is 2.97. The number of primary amides is 1. The van der Waals surface area contributed by atoms with Crippen LogP contribution in [0.15, 0.2) is 12.1 Å². The molecular weight excluding hydrogens is 255 g/mol. The van der Waals surface area contributed by atoms with Crippen LogP contribution in [0, 0.1) is 5.82 Å². The van der Waals surface area contributed by atoms with E-state index in [-0.39, 0.29) is 16.8 Å². The third-order valence-electron chi connectivity index (χ3n) is 3.60. The minimum Gasteiger partial charge on any atom is -0.369 e. The molecule has 0 saturated heterocycles. The molecule has 0 spiro atoms. The first-order valence-corrected chi connectivity index (χ1v) is 6.25. The van der Waals surface area contributed by atoms with Gasteiger partial charge in [0.2, 0.25) is 5.91 Å². The summed E-state index contributed by atoms with van der Waals surface area (Å²) in [5.74, 6) is -1.11. The van der Waals surface area contributed by atoms with Gasteiger partial charge >= 0.3 is 0 Å². The molecular formula is C13H12ClFN2O. The van der Waals surface area contributed by atoms with E-state index in [1.165, 1.54) is 6.07 Å². The van der Waals surface area contributed by atoms with E-state index >= 15 is 0 Å². The number of benzene rings is 1. The number of nitrogens with one attached hydrogen (secondary N) is 1. The number of aromatic amines is 1. The van der Waals surface area contributed by atoms with Gasteiger partial charge in [-0.3, -0.25) is 4.79 Å². The molecule has 3 N–H and O–H groups in total. The molecule has 1 aliphatic carbocycles. The third-order valence-corrected chi connectivity index (χ3v) is 3.97. The highest BCUT2D eigenvalue weighted by molar-refractivity contribution is 6.36. The number of aromatic nitrogens is 1. The lowest BCUT2D eigenvalue weighted by molar-refractivity contribution is -0.119.